The molecule has 1 aliphatic heterocycles. The number of nitrogen functional groups attached to an aromatic ring is 1. The SMILES string of the molecule is Cc1cc(-c2ccc(C#N)cc2)cn1Cc1cc(N2CCN(C(=O)OC(C)(C)C)CC2)c(F)cc1N.O=C=O. The molecule has 1 aliphatic rings. The van der Waals surface area contributed by atoms with E-state index in [9.17, 15) is 9.18 Å². The van der Waals surface area contributed by atoms with E-state index >= 15 is 0 Å². The number of aryl methyl sites for hydroxylation is 1. The Balaban J connectivity index is 0.00000134. The number of rotatable bonds is 4. The molecule has 39 heavy (non-hydrogen) atoms. The van der Waals surface area contributed by atoms with E-state index in [2.05, 4.69) is 16.7 Å². The molecule has 9 nitrogen and oxygen atoms in total. The summed E-state index contributed by atoms with van der Waals surface area (Å²) in [5, 5.41) is 9.03. The van der Waals surface area contributed by atoms with Gasteiger partial charge in [0.1, 0.15) is 11.4 Å². The maximum atomic E-state index is 14.9. The maximum Gasteiger partial charge on any atom is 0.410 e. The summed E-state index contributed by atoms with van der Waals surface area (Å²) in [7, 11) is 0. The van der Waals surface area contributed by atoms with Crippen LogP contribution < -0.4 is 10.6 Å². The number of benzene rings is 2. The van der Waals surface area contributed by atoms with Crippen molar-refractivity contribution in [3.05, 3.63) is 71.3 Å². The highest BCUT2D eigenvalue weighted by molar-refractivity contribution is 5.69. The molecule has 0 saturated carbocycles. The lowest BCUT2D eigenvalue weighted by molar-refractivity contribution is -0.191. The summed E-state index contributed by atoms with van der Waals surface area (Å²) in [4.78, 5) is 32.2. The van der Waals surface area contributed by atoms with Crippen LogP contribution in [0.15, 0.2) is 48.7 Å². The first kappa shape index (κ1) is 29.0. The van der Waals surface area contributed by atoms with Crippen LogP contribution in [0.4, 0.5) is 20.6 Å². The van der Waals surface area contributed by atoms with Crippen molar-refractivity contribution >= 4 is 23.6 Å². The zero-order valence-corrected chi connectivity index (χ0v) is 22.5. The Hall–Kier alpha value is -4.61. The zero-order chi connectivity index (χ0) is 28.7. The number of nitriles is 1. The number of anilines is 2. The minimum absolute atomic E-state index is 0.250. The van der Waals surface area contributed by atoms with Gasteiger partial charge in [-0.15, -0.1) is 0 Å². The highest BCUT2D eigenvalue weighted by atomic mass is 19.1. The third-order valence-electron chi connectivity index (χ3n) is 6.28. The molecule has 2 aromatic carbocycles. The standard InChI is InChI=1S/C28H32FN5O2.CO2/c1-19-13-22(21-7-5-20(16-30)6-8-21)17-34(19)18-23-14-26(24(29)15-25(23)31)32-9-11-33(12-10-32)27(35)36-28(2,3)4;2-1-3/h5-8,13-15,17H,9-12,18,31H2,1-4H3;. The molecule has 0 unspecified atom stereocenters. The first-order valence-electron chi connectivity index (χ1n) is 12.4. The highest BCUT2D eigenvalue weighted by Gasteiger charge is 2.27. The largest absolute Gasteiger partial charge is 0.444 e. The summed E-state index contributed by atoms with van der Waals surface area (Å²) >= 11 is 0. The van der Waals surface area contributed by atoms with Crippen molar-refractivity contribution in [3.8, 4) is 17.2 Å². The van der Waals surface area contributed by atoms with Gasteiger partial charge in [-0.2, -0.15) is 14.9 Å². The van der Waals surface area contributed by atoms with E-state index in [1.54, 1.807) is 17.0 Å². The first-order chi connectivity index (χ1) is 18.4. The van der Waals surface area contributed by atoms with Gasteiger partial charge in [-0.25, -0.2) is 9.18 Å². The second kappa shape index (κ2) is 12.3. The quantitative estimate of drug-likeness (QED) is 0.487. The lowest BCUT2D eigenvalue weighted by atomic mass is 10.1. The third-order valence-corrected chi connectivity index (χ3v) is 6.28. The second-order valence-electron chi connectivity index (χ2n) is 10.2. The molecule has 0 bridgehead atoms. The number of nitrogens with zero attached hydrogens (tertiary/aromatic N) is 4. The molecule has 2 N–H and O–H groups in total. The number of hydrogen-bond donors (Lipinski definition) is 1. The molecule has 4 rings (SSSR count). The van der Waals surface area contributed by atoms with Gasteiger partial charge in [0, 0.05) is 50.3 Å². The van der Waals surface area contributed by atoms with Gasteiger partial charge in [-0.1, -0.05) is 12.1 Å². The second-order valence-corrected chi connectivity index (χ2v) is 10.2. The van der Waals surface area contributed by atoms with E-state index in [0.29, 0.717) is 49.7 Å². The molecule has 1 fully saturated rings. The molecule has 3 aromatic rings. The van der Waals surface area contributed by atoms with Crippen molar-refractivity contribution in [1.82, 2.24) is 9.47 Å². The summed E-state index contributed by atoms with van der Waals surface area (Å²) in [6.45, 7) is 9.96. The van der Waals surface area contributed by atoms with Gasteiger partial charge < -0.3 is 24.8 Å². The molecular weight excluding hydrogens is 501 g/mol. The van der Waals surface area contributed by atoms with Crippen LogP contribution in [0.1, 0.15) is 37.6 Å². The average molecular weight is 534 g/mol. The molecule has 2 heterocycles. The van der Waals surface area contributed by atoms with Crippen LogP contribution >= 0.6 is 0 Å². The monoisotopic (exact) mass is 533 g/mol. The predicted molar refractivity (Wildman–Crippen MR) is 144 cm³/mol. The molecule has 0 aliphatic carbocycles. The lowest BCUT2D eigenvalue weighted by Crippen LogP contribution is -2.50. The van der Waals surface area contributed by atoms with Crippen LogP contribution in [0.3, 0.4) is 0 Å². The fraction of sp³-hybridized carbons (Fsp3) is 0.345. The van der Waals surface area contributed by atoms with Crippen molar-refractivity contribution < 1.29 is 23.5 Å². The lowest BCUT2D eigenvalue weighted by Gasteiger charge is -2.37. The Morgan fingerprint density at radius 1 is 1.05 bits per heavy atom. The van der Waals surface area contributed by atoms with Gasteiger partial charge in [0.25, 0.3) is 0 Å². The Bertz CT molecular complexity index is 1390. The Labute approximate surface area is 227 Å². The molecule has 1 amide bonds. The summed E-state index contributed by atoms with van der Waals surface area (Å²) in [5.74, 6) is -0.371. The van der Waals surface area contributed by atoms with Crippen LogP contribution in [0.2, 0.25) is 0 Å². The van der Waals surface area contributed by atoms with E-state index in [1.165, 1.54) is 6.07 Å². The van der Waals surface area contributed by atoms with Crippen molar-refractivity contribution in [2.75, 3.05) is 36.8 Å². The van der Waals surface area contributed by atoms with E-state index < -0.39 is 5.60 Å². The Morgan fingerprint density at radius 2 is 1.67 bits per heavy atom. The van der Waals surface area contributed by atoms with Crippen LogP contribution in [0, 0.1) is 24.1 Å². The summed E-state index contributed by atoms with van der Waals surface area (Å²) in [5.41, 5.74) is 11.1. The van der Waals surface area contributed by atoms with Gasteiger partial charge in [-0.3, -0.25) is 0 Å². The summed E-state index contributed by atoms with van der Waals surface area (Å²) < 4.78 is 22.5. The van der Waals surface area contributed by atoms with Crippen molar-refractivity contribution in [2.24, 2.45) is 0 Å². The van der Waals surface area contributed by atoms with E-state index in [0.717, 1.165) is 22.4 Å². The molecule has 204 valence electrons. The number of piperazine rings is 1. The van der Waals surface area contributed by atoms with Gasteiger partial charge in [0.2, 0.25) is 0 Å². The highest BCUT2D eigenvalue weighted by Crippen LogP contribution is 2.29. The molecule has 0 spiro atoms. The minimum Gasteiger partial charge on any atom is -0.444 e. The number of halogens is 1. The number of nitrogens with two attached hydrogens (primary N) is 1. The van der Waals surface area contributed by atoms with Crippen molar-refractivity contribution in [1.29, 1.82) is 5.26 Å². The van der Waals surface area contributed by atoms with Gasteiger partial charge in [0.15, 0.2) is 0 Å². The summed E-state index contributed by atoms with van der Waals surface area (Å²) in [6, 6.07) is 14.9. The zero-order valence-electron chi connectivity index (χ0n) is 22.5. The van der Waals surface area contributed by atoms with E-state index in [1.807, 2.05) is 57.0 Å². The van der Waals surface area contributed by atoms with Gasteiger partial charge in [0.05, 0.1) is 17.3 Å². The number of ether oxygens (including phenoxy) is 1. The molecule has 0 atom stereocenters. The number of carbonyl (C=O) groups is 1. The number of carbonyl (C=O) groups excluding carboxylic acids is 3. The van der Waals surface area contributed by atoms with E-state index in [-0.39, 0.29) is 18.1 Å². The molecule has 10 heteroatoms. The topological polar surface area (TPSA) is 122 Å². The van der Waals surface area contributed by atoms with Crippen LogP contribution in [-0.2, 0) is 20.9 Å². The third kappa shape index (κ3) is 7.46. The predicted octanol–water partition coefficient (Wildman–Crippen LogP) is 4.58. The maximum absolute atomic E-state index is 14.9. The van der Waals surface area contributed by atoms with E-state index in [4.69, 9.17) is 25.3 Å². The summed E-state index contributed by atoms with van der Waals surface area (Å²) in [6.07, 6.45) is 1.94. The molecule has 1 aromatic heterocycles. The molecule has 0 radical (unpaired) electrons. The van der Waals surface area contributed by atoms with Crippen molar-refractivity contribution in [2.45, 2.75) is 39.8 Å². The fourth-order valence-electron chi connectivity index (χ4n) is 4.32. The number of hydrogen-bond acceptors (Lipinski definition) is 7. The van der Waals surface area contributed by atoms with Crippen LogP contribution in [0.25, 0.3) is 11.1 Å². The van der Waals surface area contributed by atoms with Crippen LogP contribution in [-0.4, -0.2) is 53.5 Å². The molecular formula is C29H32FN5O4. The van der Waals surface area contributed by atoms with Crippen LogP contribution in [0.5, 0.6) is 0 Å². The minimum atomic E-state index is -0.553. The first-order valence-corrected chi connectivity index (χ1v) is 12.4. The average Bonchev–Trinajstić information content (AvgIpc) is 3.25. The molecule has 1 saturated heterocycles. The van der Waals surface area contributed by atoms with Gasteiger partial charge >= 0.3 is 12.2 Å². The number of amides is 1. The van der Waals surface area contributed by atoms with Crippen molar-refractivity contribution in [3.63, 3.8) is 0 Å². The Morgan fingerprint density at radius 3 is 2.23 bits per heavy atom. The smallest absolute Gasteiger partial charge is 0.410 e. The fourth-order valence-corrected chi connectivity index (χ4v) is 4.32. The van der Waals surface area contributed by atoms with Gasteiger partial charge in [-0.05, 0) is 74.7 Å². The normalized spacial score (nSPS) is 13.1. The number of aromatic nitrogens is 1. The Kier molecular flexibility index (Phi) is 9.12.